The van der Waals surface area contributed by atoms with Gasteiger partial charge in [-0.25, -0.2) is 0 Å². The summed E-state index contributed by atoms with van der Waals surface area (Å²) in [6.45, 7) is 7.31. The highest BCUT2D eigenvalue weighted by molar-refractivity contribution is 4.56. The molecule has 0 aromatic carbocycles. The topological polar surface area (TPSA) is 30.5 Å². The number of unbranched alkanes of at least 4 members (excludes halogenated alkanes) is 1. The lowest BCUT2D eigenvalue weighted by Crippen LogP contribution is -2.20. The SMILES string of the molecule is CCOCCOCCCCC(C)NC. The average molecular weight is 203 g/mol. The average Bonchev–Trinajstić information content (AvgIpc) is 2.21. The molecule has 0 saturated heterocycles. The first-order valence-electron chi connectivity index (χ1n) is 5.64. The molecule has 3 nitrogen and oxygen atoms in total. The van der Waals surface area contributed by atoms with Gasteiger partial charge in [-0.2, -0.15) is 0 Å². The van der Waals surface area contributed by atoms with Crippen molar-refractivity contribution < 1.29 is 9.47 Å². The molecule has 0 aromatic rings. The largest absolute Gasteiger partial charge is 0.379 e. The van der Waals surface area contributed by atoms with Gasteiger partial charge in [0.1, 0.15) is 0 Å². The first kappa shape index (κ1) is 13.9. The maximum atomic E-state index is 5.41. The Hall–Kier alpha value is -0.120. The number of hydrogen-bond donors (Lipinski definition) is 1. The normalized spacial score (nSPS) is 13.1. The molecular formula is C11H25NO2. The van der Waals surface area contributed by atoms with Gasteiger partial charge in [-0.3, -0.25) is 0 Å². The molecule has 0 aliphatic rings. The molecule has 0 rings (SSSR count). The molecule has 0 radical (unpaired) electrons. The van der Waals surface area contributed by atoms with Gasteiger partial charge in [-0.05, 0) is 40.2 Å². The van der Waals surface area contributed by atoms with Crippen LogP contribution in [0, 0.1) is 0 Å². The quantitative estimate of drug-likeness (QED) is 0.549. The minimum Gasteiger partial charge on any atom is -0.379 e. The molecule has 0 aliphatic carbocycles. The number of rotatable bonds is 10. The van der Waals surface area contributed by atoms with Crippen molar-refractivity contribution in [3.63, 3.8) is 0 Å². The van der Waals surface area contributed by atoms with Gasteiger partial charge in [-0.1, -0.05) is 0 Å². The van der Waals surface area contributed by atoms with Crippen molar-refractivity contribution in [3.05, 3.63) is 0 Å². The van der Waals surface area contributed by atoms with E-state index in [1.54, 1.807) is 0 Å². The molecule has 0 amide bonds. The third kappa shape index (κ3) is 9.96. The predicted octanol–water partition coefficient (Wildman–Crippen LogP) is 1.82. The number of hydrogen-bond acceptors (Lipinski definition) is 3. The van der Waals surface area contributed by atoms with Gasteiger partial charge in [0.15, 0.2) is 0 Å². The Morgan fingerprint density at radius 2 is 1.79 bits per heavy atom. The Kier molecular flexibility index (Phi) is 10.9. The Morgan fingerprint density at radius 3 is 2.43 bits per heavy atom. The Labute approximate surface area is 88.2 Å². The molecule has 0 aromatic heterocycles. The van der Waals surface area contributed by atoms with E-state index in [0.29, 0.717) is 6.04 Å². The monoisotopic (exact) mass is 203 g/mol. The summed E-state index contributed by atoms with van der Waals surface area (Å²) < 4.78 is 10.6. The van der Waals surface area contributed by atoms with Gasteiger partial charge >= 0.3 is 0 Å². The Balaban J connectivity index is 2.92. The van der Waals surface area contributed by atoms with Crippen LogP contribution >= 0.6 is 0 Å². The van der Waals surface area contributed by atoms with E-state index in [0.717, 1.165) is 32.8 Å². The van der Waals surface area contributed by atoms with Crippen molar-refractivity contribution in [3.8, 4) is 0 Å². The van der Waals surface area contributed by atoms with Crippen LogP contribution in [0.4, 0.5) is 0 Å². The summed E-state index contributed by atoms with van der Waals surface area (Å²) in [4.78, 5) is 0. The zero-order valence-electron chi connectivity index (χ0n) is 9.84. The fraction of sp³-hybridized carbons (Fsp3) is 1.00. The molecule has 0 saturated carbocycles. The van der Waals surface area contributed by atoms with Gasteiger partial charge < -0.3 is 14.8 Å². The molecule has 1 unspecified atom stereocenters. The van der Waals surface area contributed by atoms with Crippen molar-refractivity contribution >= 4 is 0 Å². The Bertz CT molecular complexity index is 109. The van der Waals surface area contributed by atoms with Crippen LogP contribution in [0.3, 0.4) is 0 Å². The van der Waals surface area contributed by atoms with Crippen molar-refractivity contribution in [2.45, 2.75) is 39.2 Å². The first-order chi connectivity index (χ1) is 6.81. The van der Waals surface area contributed by atoms with Gasteiger partial charge in [0.2, 0.25) is 0 Å². The van der Waals surface area contributed by atoms with Crippen LogP contribution in [-0.2, 0) is 9.47 Å². The highest BCUT2D eigenvalue weighted by atomic mass is 16.5. The Morgan fingerprint density at radius 1 is 1.07 bits per heavy atom. The summed E-state index contributed by atoms with van der Waals surface area (Å²) in [6.07, 6.45) is 3.61. The smallest absolute Gasteiger partial charge is 0.0700 e. The van der Waals surface area contributed by atoms with E-state index in [1.165, 1.54) is 12.8 Å². The van der Waals surface area contributed by atoms with Gasteiger partial charge in [-0.15, -0.1) is 0 Å². The lowest BCUT2D eigenvalue weighted by Gasteiger charge is -2.09. The highest BCUT2D eigenvalue weighted by Crippen LogP contribution is 1.99. The van der Waals surface area contributed by atoms with Crippen LogP contribution in [-0.4, -0.2) is 39.5 Å². The molecule has 0 aliphatic heterocycles. The van der Waals surface area contributed by atoms with Crippen LogP contribution < -0.4 is 5.32 Å². The van der Waals surface area contributed by atoms with Crippen molar-refractivity contribution in [2.24, 2.45) is 0 Å². The maximum absolute atomic E-state index is 5.41. The second kappa shape index (κ2) is 11.0. The summed E-state index contributed by atoms with van der Waals surface area (Å²) in [6, 6.07) is 0.624. The van der Waals surface area contributed by atoms with Crippen LogP contribution in [0.25, 0.3) is 0 Å². The fourth-order valence-electron chi connectivity index (χ4n) is 1.16. The minimum atomic E-state index is 0.624. The molecular weight excluding hydrogens is 178 g/mol. The summed E-state index contributed by atoms with van der Waals surface area (Å²) in [5.41, 5.74) is 0. The van der Waals surface area contributed by atoms with Crippen LogP contribution in [0.2, 0.25) is 0 Å². The molecule has 0 spiro atoms. The van der Waals surface area contributed by atoms with E-state index in [4.69, 9.17) is 9.47 Å². The van der Waals surface area contributed by atoms with Crippen LogP contribution in [0.15, 0.2) is 0 Å². The highest BCUT2D eigenvalue weighted by Gasteiger charge is 1.97. The summed E-state index contributed by atoms with van der Waals surface area (Å²) in [5, 5.41) is 3.22. The molecule has 0 bridgehead atoms. The van der Waals surface area contributed by atoms with Crippen molar-refractivity contribution in [2.75, 3.05) is 33.5 Å². The lowest BCUT2D eigenvalue weighted by molar-refractivity contribution is 0.0511. The summed E-state index contributed by atoms with van der Waals surface area (Å²) in [5.74, 6) is 0. The van der Waals surface area contributed by atoms with E-state index in [1.807, 2.05) is 14.0 Å². The molecule has 1 N–H and O–H groups in total. The number of ether oxygens (including phenoxy) is 2. The summed E-state index contributed by atoms with van der Waals surface area (Å²) >= 11 is 0. The van der Waals surface area contributed by atoms with Crippen molar-refractivity contribution in [1.82, 2.24) is 5.32 Å². The maximum Gasteiger partial charge on any atom is 0.0700 e. The molecule has 3 heteroatoms. The second-order valence-corrected chi connectivity index (χ2v) is 3.49. The third-order valence-corrected chi connectivity index (χ3v) is 2.24. The molecule has 86 valence electrons. The van der Waals surface area contributed by atoms with Crippen LogP contribution in [0.5, 0.6) is 0 Å². The van der Waals surface area contributed by atoms with E-state index in [9.17, 15) is 0 Å². The zero-order valence-corrected chi connectivity index (χ0v) is 9.84. The predicted molar refractivity (Wildman–Crippen MR) is 59.7 cm³/mol. The van der Waals surface area contributed by atoms with E-state index >= 15 is 0 Å². The lowest BCUT2D eigenvalue weighted by atomic mass is 10.1. The second-order valence-electron chi connectivity index (χ2n) is 3.49. The van der Waals surface area contributed by atoms with Crippen molar-refractivity contribution in [1.29, 1.82) is 0 Å². The van der Waals surface area contributed by atoms with Crippen LogP contribution in [0.1, 0.15) is 33.1 Å². The fourth-order valence-corrected chi connectivity index (χ4v) is 1.16. The first-order valence-corrected chi connectivity index (χ1v) is 5.64. The molecule has 0 fully saturated rings. The van der Waals surface area contributed by atoms with Gasteiger partial charge in [0.05, 0.1) is 13.2 Å². The zero-order chi connectivity index (χ0) is 10.6. The number of nitrogens with one attached hydrogen (secondary N) is 1. The van der Waals surface area contributed by atoms with E-state index in [2.05, 4.69) is 12.2 Å². The standard InChI is InChI=1S/C11H25NO2/c1-4-13-9-10-14-8-6-5-7-11(2)12-3/h11-12H,4-10H2,1-3H3. The van der Waals surface area contributed by atoms with E-state index < -0.39 is 0 Å². The summed E-state index contributed by atoms with van der Waals surface area (Å²) in [7, 11) is 2.00. The van der Waals surface area contributed by atoms with E-state index in [-0.39, 0.29) is 0 Å². The minimum absolute atomic E-state index is 0.624. The molecule has 1 atom stereocenters. The van der Waals surface area contributed by atoms with Gasteiger partial charge in [0, 0.05) is 19.3 Å². The van der Waals surface area contributed by atoms with Gasteiger partial charge in [0.25, 0.3) is 0 Å². The molecule has 0 heterocycles. The molecule has 14 heavy (non-hydrogen) atoms. The third-order valence-electron chi connectivity index (χ3n) is 2.24.